The van der Waals surface area contributed by atoms with Gasteiger partial charge < -0.3 is 15.5 Å². The van der Waals surface area contributed by atoms with Crippen LogP contribution in [0.2, 0.25) is 0 Å². The predicted octanol–water partition coefficient (Wildman–Crippen LogP) is 2.96. The molecule has 10 heteroatoms. The quantitative estimate of drug-likeness (QED) is 0.315. The summed E-state index contributed by atoms with van der Waals surface area (Å²) < 4.78 is 0. The van der Waals surface area contributed by atoms with E-state index in [0.717, 1.165) is 17.0 Å². The molecule has 1 aromatic carbocycles. The number of thioether (sulfide) groups is 1. The summed E-state index contributed by atoms with van der Waals surface area (Å²) in [6.07, 6.45) is 3.43. The summed E-state index contributed by atoms with van der Waals surface area (Å²) in [4.78, 5) is 38.5. The third-order valence-electron chi connectivity index (χ3n) is 5.01. The smallest absolute Gasteiger partial charge is 0.275 e. The molecule has 2 heterocycles. The Balaban J connectivity index is 1.73. The molecule has 1 aromatic heterocycles. The van der Waals surface area contributed by atoms with E-state index in [1.807, 2.05) is 43.5 Å². The van der Waals surface area contributed by atoms with Crippen LogP contribution < -0.4 is 15.5 Å². The number of carbonyl (C=O) groups excluding carboxylic acids is 2. The lowest BCUT2D eigenvalue weighted by molar-refractivity contribution is 0.0957. The Hall–Kier alpha value is -2.95. The van der Waals surface area contributed by atoms with Crippen molar-refractivity contribution in [3.8, 4) is 0 Å². The molecule has 0 radical (unpaired) electrons. The van der Waals surface area contributed by atoms with Crippen LogP contribution in [-0.4, -0.2) is 61.9 Å². The lowest BCUT2D eigenvalue weighted by Crippen LogP contribution is -2.32. The van der Waals surface area contributed by atoms with Crippen LogP contribution in [0.5, 0.6) is 0 Å². The Morgan fingerprint density at radius 2 is 2.25 bits per heavy atom. The van der Waals surface area contributed by atoms with Crippen LogP contribution in [0.15, 0.2) is 57.6 Å². The molecule has 0 bridgehead atoms. The molecular formula is C22H26N6O2S2. The first kappa shape index (κ1) is 23.7. The van der Waals surface area contributed by atoms with Gasteiger partial charge in [-0.3, -0.25) is 19.5 Å². The minimum absolute atomic E-state index is 0.104. The van der Waals surface area contributed by atoms with Crippen molar-refractivity contribution < 1.29 is 9.59 Å². The molecule has 0 atom stereocenters. The number of nitrogens with one attached hydrogen (secondary N) is 2. The van der Waals surface area contributed by atoms with Crippen molar-refractivity contribution in [1.29, 1.82) is 0 Å². The van der Waals surface area contributed by atoms with Crippen LogP contribution in [0.1, 0.15) is 26.4 Å². The van der Waals surface area contributed by atoms with Crippen molar-refractivity contribution in [1.82, 2.24) is 20.5 Å². The van der Waals surface area contributed by atoms with Crippen molar-refractivity contribution in [3.63, 3.8) is 0 Å². The molecular weight excluding hydrogens is 444 g/mol. The maximum absolute atomic E-state index is 12.9. The summed E-state index contributed by atoms with van der Waals surface area (Å²) in [5.74, 6) is -0.507. The van der Waals surface area contributed by atoms with Gasteiger partial charge in [0, 0.05) is 36.0 Å². The third-order valence-corrected chi connectivity index (χ3v) is 6.60. The van der Waals surface area contributed by atoms with Crippen LogP contribution in [0, 0.1) is 0 Å². The number of rotatable bonds is 10. The summed E-state index contributed by atoms with van der Waals surface area (Å²) in [5.41, 5.74) is 2.90. The van der Waals surface area contributed by atoms with Gasteiger partial charge in [-0.2, -0.15) is 0 Å². The minimum atomic E-state index is -0.403. The van der Waals surface area contributed by atoms with Crippen molar-refractivity contribution in [3.05, 3.63) is 64.6 Å². The largest absolute Gasteiger partial charge is 0.372 e. The molecule has 168 valence electrons. The lowest BCUT2D eigenvalue weighted by atomic mass is 10.1. The maximum Gasteiger partial charge on any atom is 0.275 e. The zero-order valence-electron chi connectivity index (χ0n) is 18.3. The van der Waals surface area contributed by atoms with Gasteiger partial charge in [0.15, 0.2) is 5.13 Å². The summed E-state index contributed by atoms with van der Waals surface area (Å²) in [6.45, 7) is 9.42. The number of hydrogen-bond donors (Lipinski definition) is 2. The van der Waals surface area contributed by atoms with Crippen LogP contribution in [0.3, 0.4) is 0 Å². The molecule has 0 saturated heterocycles. The van der Waals surface area contributed by atoms with Crippen LogP contribution in [0.25, 0.3) is 0 Å². The second-order valence-electron chi connectivity index (χ2n) is 7.08. The average molecular weight is 471 g/mol. The van der Waals surface area contributed by atoms with Gasteiger partial charge in [0.25, 0.3) is 11.8 Å². The first-order valence-electron chi connectivity index (χ1n) is 9.86. The highest BCUT2D eigenvalue weighted by atomic mass is 32.2. The summed E-state index contributed by atoms with van der Waals surface area (Å²) >= 11 is 2.85. The third kappa shape index (κ3) is 5.09. The molecule has 2 N–H and O–H groups in total. The van der Waals surface area contributed by atoms with E-state index in [2.05, 4.69) is 33.9 Å². The highest BCUT2D eigenvalue weighted by Gasteiger charge is 2.31. The van der Waals surface area contributed by atoms with Gasteiger partial charge in [-0.05, 0) is 37.7 Å². The molecule has 2 aromatic rings. The molecule has 0 aliphatic carbocycles. The zero-order chi connectivity index (χ0) is 23.3. The standard InChI is InChI=1S/C22H26N6O2S2/c1-14(27(4)9-8-23-2)18(11-24-3)25-20(29)19-13-32-22(26-19)28-12-15-6-7-16(31-5)10-17(15)21(28)30/h6-7,10-11,13,23H,1,3,8-9,12H2,2,4-5H3,(H,25,29)/b18-11+. The Labute approximate surface area is 196 Å². The maximum atomic E-state index is 12.9. The van der Waals surface area contributed by atoms with E-state index in [1.165, 1.54) is 17.5 Å². The molecule has 0 fully saturated rings. The Kier molecular flexibility index (Phi) is 7.84. The topological polar surface area (TPSA) is 89.9 Å². The van der Waals surface area contributed by atoms with E-state index in [1.54, 1.807) is 22.0 Å². The van der Waals surface area contributed by atoms with Gasteiger partial charge in [0.05, 0.1) is 24.1 Å². The Morgan fingerprint density at radius 3 is 2.94 bits per heavy atom. The summed E-state index contributed by atoms with van der Waals surface area (Å²) in [6, 6.07) is 5.87. The van der Waals surface area contributed by atoms with Gasteiger partial charge in [-0.1, -0.05) is 12.6 Å². The monoisotopic (exact) mass is 470 g/mol. The van der Waals surface area contributed by atoms with Crippen LogP contribution >= 0.6 is 23.1 Å². The number of thiazole rings is 1. The number of anilines is 1. The van der Waals surface area contributed by atoms with E-state index in [9.17, 15) is 9.59 Å². The van der Waals surface area contributed by atoms with E-state index in [-0.39, 0.29) is 11.6 Å². The number of aliphatic imine (C=N–C) groups is 1. The van der Waals surface area contributed by atoms with E-state index < -0.39 is 5.91 Å². The Morgan fingerprint density at radius 1 is 1.47 bits per heavy atom. The molecule has 0 spiro atoms. The average Bonchev–Trinajstić information content (AvgIpc) is 3.41. The van der Waals surface area contributed by atoms with Gasteiger partial charge in [0.2, 0.25) is 0 Å². The zero-order valence-corrected chi connectivity index (χ0v) is 20.0. The highest BCUT2D eigenvalue weighted by molar-refractivity contribution is 7.98. The molecule has 8 nitrogen and oxygen atoms in total. The molecule has 1 aliphatic heterocycles. The van der Waals surface area contributed by atoms with Gasteiger partial charge in [-0.25, -0.2) is 4.98 Å². The van der Waals surface area contributed by atoms with Crippen molar-refractivity contribution in [2.45, 2.75) is 11.4 Å². The SMILES string of the molecule is C=N/C=C(/NC(=O)c1csc(N2Cc3ccc(SC)cc3C2=O)n1)C(=C)N(C)CCNC. The first-order chi connectivity index (χ1) is 15.4. The minimum Gasteiger partial charge on any atom is -0.372 e. The summed E-state index contributed by atoms with van der Waals surface area (Å²) in [5, 5.41) is 8.00. The number of benzene rings is 1. The van der Waals surface area contributed by atoms with Crippen LogP contribution in [-0.2, 0) is 6.54 Å². The van der Waals surface area contributed by atoms with Gasteiger partial charge in [0.1, 0.15) is 5.69 Å². The molecule has 32 heavy (non-hydrogen) atoms. The van der Waals surface area contributed by atoms with Gasteiger partial charge >= 0.3 is 0 Å². The molecule has 3 rings (SSSR count). The number of amides is 2. The number of carbonyl (C=O) groups is 2. The first-order valence-corrected chi connectivity index (χ1v) is 12.0. The number of hydrogen-bond acceptors (Lipinski definition) is 8. The number of aromatic nitrogens is 1. The molecule has 0 saturated carbocycles. The predicted molar refractivity (Wildman–Crippen MR) is 132 cm³/mol. The number of fused-ring (bicyclic) bond motifs is 1. The molecule has 1 aliphatic rings. The van der Waals surface area contributed by atoms with Crippen molar-refractivity contribution >= 4 is 46.8 Å². The summed E-state index contributed by atoms with van der Waals surface area (Å²) in [7, 11) is 3.74. The van der Waals surface area contributed by atoms with E-state index in [4.69, 9.17) is 0 Å². The fourth-order valence-electron chi connectivity index (χ4n) is 3.13. The lowest BCUT2D eigenvalue weighted by Gasteiger charge is -2.23. The second-order valence-corrected chi connectivity index (χ2v) is 8.80. The molecule has 2 amide bonds. The van der Waals surface area contributed by atoms with Crippen LogP contribution in [0.4, 0.5) is 5.13 Å². The fourth-order valence-corrected chi connectivity index (χ4v) is 4.37. The van der Waals surface area contributed by atoms with E-state index in [0.29, 0.717) is 35.2 Å². The van der Waals surface area contributed by atoms with Crippen molar-refractivity contribution in [2.75, 3.05) is 38.3 Å². The highest BCUT2D eigenvalue weighted by Crippen LogP contribution is 2.32. The second kappa shape index (κ2) is 10.6. The number of nitrogens with zero attached hydrogens (tertiary/aromatic N) is 4. The molecule has 0 unspecified atom stereocenters. The van der Waals surface area contributed by atoms with Gasteiger partial charge in [-0.15, -0.1) is 23.1 Å². The fraction of sp³-hybridized carbons (Fsp3) is 0.273. The normalized spacial score (nSPS) is 13.2. The number of likely N-dealkylation sites (N-methyl/N-ethyl adjacent to an activating group) is 2. The van der Waals surface area contributed by atoms with Crippen molar-refractivity contribution in [2.24, 2.45) is 4.99 Å². The van der Waals surface area contributed by atoms with E-state index >= 15 is 0 Å². The Bertz CT molecular complexity index is 1080.